The Labute approximate surface area is 110 Å². The maximum absolute atomic E-state index is 11.3. The van der Waals surface area contributed by atoms with Gasteiger partial charge < -0.3 is 19.9 Å². The van der Waals surface area contributed by atoms with Crippen molar-refractivity contribution in [3.63, 3.8) is 0 Å². The molecule has 2 N–H and O–H groups in total. The van der Waals surface area contributed by atoms with E-state index in [0.29, 0.717) is 30.1 Å². The van der Waals surface area contributed by atoms with Gasteiger partial charge in [-0.1, -0.05) is 12.2 Å². The van der Waals surface area contributed by atoms with E-state index in [-0.39, 0.29) is 11.0 Å². The summed E-state index contributed by atoms with van der Waals surface area (Å²) in [5.74, 6) is 0.706. The van der Waals surface area contributed by atoms with Crippen molar-refractivity contribution in [3.05, 3.63) is 23.8 Å². The molecule has 0 spiro atoms. The van der Waals surface area contributed by atoms with Crippen molar-refractivity contribution in [1.82, 2.24) is 0 Å². The zero-order valence-corrected chi connectivity index (χ0v) is 10.7. The van der Waals surface area contributed by atoms with Crippen molar-refractivity contribution in [2.45, 2.75) is 12.5 Å². The van der Waals surface area contributed by atoms with Crippen LogP contribution in [0, 0.1) is 0 Å². The third-order valence-corrected chi connectivity index (χ3v) is 2.80. The molecule has 0 amide bonds. The molecule has 0 saturated carbocycles. The summed E-state index contributed by atoms with van der Waals surface area (Å²) in [7, 11) is 1.53. The Kier molecular flexibility index (Phi) is 3.66. The molecule has 1 atom stereocenters. The van der Waals surface area contributed by atoms with E-state index >= 15 is 0 Å². The molecular formula is C12H13NO4S. The van der Waals surface area contributed by atoms with Gasteiger partial charge in [0.15, 0.2) is 6.10 Å². The maximum Gasteiger partial charge on any atom is 0.347 e. The van der Waals surface area contributed by atoms with Crippen LogP contribution in [0.4, 0.5) is 0 Å². The van der Waals surface area contributed by atoms with Crippen molar-refractivity contribution < 1.29 is 19.0 Å². The van der Waals surface area contributed by atoms with Gasteiger partial charge in [-0.25, -0.2) is 4.79 Å². The molecule has 1 aromatic carbocycles. The monoisotopic (exact) mass is 267 g/mol. The molecule has 0 bridgehead atoms. The minimum absolute atomic E-state index is 0.243. The molecule has 1 saturated heterocycles. The molecule has 1 aromatic rings. The normalized spacial score (nSPS) is 18.3. The van der Waals surface area contributed by atoms with Gasteiger partial charge in [0.05, 0.1) is 13.7 Å². The van der Waals surface area contributed by atoms with E-state index in [1.54, 1.807) is 18.2 Å². The molecule has 18 heavy (non-hydrogen) atoms. The molecule has 1 fully saturated rings. The predicted octanol–water partition coefficient (Wildman–Crippen LogP) is 1.02. The first-order valence-electron chi connectivity index (χ1n) is 5.42. The summed E-state index contributed by atoms with van der Waals surface area (Å²) in [5.41, 5.74) is 6.20. The van der Waals surface area contributed by atoms with Crippen LogP contribution in [-0.4, -0.2) is 30.8 Å². The number of nitrogens with two attached hydrogens (primary N) is 1. The Balaban J connectivity index is 2.23. The molecule has 1 aliphatic rings. The second-order valence-corrected chi connectivity index (χ2v) is 4.26. The molecule has 1 aliphatic heterocycles. The molecule has 1 unspecified atom stereocenters. The van der Waals surface area contributed by atoms with Gasteiger partial charge in [-0.3, -0.25) is 0 Å². The van der Waals surface area contributed by atoms with Crippen LogP contribution in [0.15, 0.2) is 18.2 Å². The first-order chi connectivity index (χ1) is 8.60. The molecular weight excluding hydrogens is 254 g/mol. The van der Waals surface area contributed by atoms with Crippen LogP contribution < -0.4 is 15.2 Å². The number of thiocarbonyl (C=S) groups is 1. The fraction of sp³-hybridized carbons (Fsp3) is 0.333. The third kappa shape index (κ3) is 2.70. The average molecular weight is 267 g/mol. The Hall–Kier alpha value is -1.82. The van der Waals surface area contributed by atoms with E-state index in [0.717, 1.165) is 0 Å². The van der Waals surface area contributed by atoms with Crippen molar-refractivity contribution in [3.8, 4) is 11.5 Å². The fourth-order valence-electron chi connectivity index (χ4n) is 1.65. The lowest BCUT2D eigenvalue weighted by Crippen LogP contribution is -2.22. The standard InChI is InChI=1S/C12H13NO4S/c1-15-8-4-7(11(13)18)5-9(6-8)17-10-2-3-16-12(10)14/h4-6,10H,2-3H2,1H3,(H2,13,18). The van der Waals surface area contributed by atoms with Crippen molar-refractivity contribution in [1.29, 1.82) is 0 Å². The van der Waals surface area contributed by atoms with Gasteiger partial charge in [-0.15, -0.1) is 0 Å². The fourth-order valence-corrected chi connectivity index (χ4v) is 1.77. The topological polar surface area (TPSA) is 70.8 Å². The highest BCUT2D eigenvalue weighted by molar-refractivity contribution is 7.80. The minimum Gasteiger partial charge on any atom is -0.497 e. The lowest BCUT2D eigenvalue weighted by atomic mass is 10.2. The van der Waals surface area contributed by atoms with E-state index in [1.165, 1.54) is 7.11 Å². The first-order valence-corrected chi connectivity index (χ1v) is 5.83. The van der Waals surface area contributed by atoms with Crippen molar-refractivity contribution in [2.75, 3.05) is 13.7 Å². The number of esters is 1. The zero-order valence-electron chi connectivity index (χ0n) is 9.84. The highest BCUT2D eigenvalue weighted by Gasteiger charge is 2.28. The largest absolute Gasteiger partial charge is 0.497 e. The van der Waals surface area contributed by atoms with Gasteiger partial charge in [0.25, 0.3) is 0 Å². The quantitative estimate of drug-likeness (QED) is 0.649. The number of hydrogen-bond acceptors (Lipinski definition) is 5. The SMILES string of the molecule is COc1cc(OC2CCOC2=O)cc(C(N)=S)c1. The van der Waals surface area contributed by atoms with Crippen LogP contribution in [0.1, 0.15) is 12.0 Å². The Morgan fingerprint density at radius 1 is 1.44 bits per heavy atom. The molecule has 2 rings (SSSR count). The Morgan fingerprint density at radius 2 is 2.17 bits per heavy atom. The molecule has 96 valence electrons. The summed E-state index contributed by atoms with van der Waals surface area (Å²) in [6, 6.07) is 5.06. The average Bonchev–Trinajstić information content (AvgIpc) is 2.74. The molecule has 1 heterocycles. The minimum atomic E-state index is -0.573. The van der Waals surface area contributed by atoms with E-state index < -0.39 is 6.10 Å². The van der Waals surface area contributed by atoms with E-state index in [1.807, 2.05) is 0 Å². The number of methoxy groups -OCH3 is 1. The van der Waals surface area contributed by atoms with E-state index in [2.05, 4.69) is 0 Å². The second-order valence-electron chi connectivity index (χ2n) is 3.82. The Bertz CT molecular complexity index is 489. The number of benzene rings is 1. The van der Waals surface area contributed by atoms with Crippen molar-refractivity contribution in [2.24, 2.45) is 5.73 Å². The van der Waals surface area contributed by atoms with Gasteiger partial charge in [-0.05, 0) is 12.1 Å². The second kappa shape index (κ2) is 5.22. The first kappa shape index (κ1) is 12.6. The highest BCUT2D eigenvalue weighted by Crippen LogP contribution is 2.25. The zero-order chi connectivity index (χ0) is 13.1. The third-order valence-electron chi connectivity index (χ3n) is 2.57. The van der Waals surface area contributed by atoms with Gasteiger partial charge >= 0.3 is 5.97 Å². The lowest BCUT2D eigenvalue weighted by Gasteiger charge is -2.12. The maximum atomic E-state index is 11.3. The molecule has 0 aliphatic carbocycles. The smallest absolute Gasteiger partial charge is 0.347 e. The van der Waals surface area contributed by atoms with Crippen LogP contribution >= 0.6 is 12.2 Å². The summed E-state index contributed by atoms with van der Waals surface area (Å²) in [6.45, 7) is 0.385. The number of cyclic esters (lactones) is 1. The van der Waals surface area contributed by atoms with Crippen molar-refractivity contribution >= 4 is 23.2 Å². The lowest BCUT2D eigenvalue weighted by molar-refractivity contribution is -0.143. The molecule has 5 nitrogen and oxygen atoms in total. The molecule has 0 aromatic heterocycles. The molecule has 6 heteroatoms. The van der Waals surface area contributed by atoms with Crippen LogP contribution in [0.2, 0.25) is 0 Å². The van der Waals surface area contributed by atoms with E-state index in [4.69, 9.17) is 32.2 Å². The van der Waals surface area contributed by atoms with E-state index in [9.17, 15) is 4.79 Å². The number of carbonyl (C=O) groups excluding carboxylic acids is 1. The van der Waals surface area contributed by atoms with Gasteiger partial charge in [0, 0.05) is 18.1 Å². The summed E-state index contributed by atoms with van der Waals surface area (Å²) in [5, 5.41) is 0. The van der Waals surface area contributed by atoms with Crippen LogP contribution in [0.3, 0.4) is 0 Å². The van der Waals surface area contributed by atoms with Gasteiger partial charge in [-0.2, -0.15) is 0 Å². The number of hydrogen-bond donors (Lipinski definition) is 1. The Morgan fingerprint density at radius 3 is 2.72 bits per heavy atom. The summed E-state index contributed by atoms with van der Waals surface area (Å²) in [4.78, 5) is 11.6. The summed E-state index contributed by atoms with van der Waals surface area (Å²) < 4.78 is 15.5. The van der Waals surface area contributed by atoms with Crippen LogP contribution in [0.25, 0.3) is 0 Å². The van der Waals surface area contributed by atoms with Crippen LogP contribution in [0.5, 0.6) is 11.5 Å². The van der Waals surface area contributed by atoms with Gasteiger partial charge in [0.1, 0.15) is 16.5 Å². The number of carbonyl (C=O) groups is 1. The number of ether oxygens (including phenoxy) is 3. The number of rotatable bonds is 4. The summed E-state index contributed by atoms with van der Waals surface area (Å²) in [6.07, 6.45) is -0.0327. The summed E-state index contributed by atoms with van der Waals surface area (Å²) >= 11 is 4.91. The highest BCUT2D eigenvalue weighted by atomic mass is 32.1. The molecule has 0 radical (unpaired) electrons. The van der Waals surface area contributed by atoms with Gasteiger partial charge in [0.2, 0.25) is 0 Å². The van der Waals surface area contributed by atoms with Crippen LogP contribution in [-0.2, 0) is 9.53 Å². The predicted molar refractivity (Wildman–Crippen MR) is 68.9 cm³/mol.